The topological polar surface area (TPSA) is 21.3 Å². The van der Waals surface area contributed by atoms with Gasteiger partial charge in [0, 0.05) is 6.04 Å². The summed E-state index contributed by atoms with van der Waals surface area (Å²) in [5.74, 6) is 0.921. The van der Waals surface area contributed by atoms with E-state index in [9.17, 15) is 0 Å². The molecule has 86 valence electrons. The molecule has 16 heavy (non-hydrogen) atoms. The maximum Gasteiger partial charge on any atom is 0.141 e. The molecule has 1 aromatic rings. The second kappa shape index (κ2) is 5.06. The van der Waals surface area contributed by atoms with Crippen LogP contribution in [0.3, 0.4) is 0 Å². The van der Waals surface area contributed by atoms with Crippen molar-refractivity contribution in [2.75, 3.05) is 12.4 Å². The summed E-state index contributed by atoms with van der Waals surface area (Å²) >= 11 is 0. The molecule has 0 radical (unpaired) electrons. The number of benzene rings is 1. The van der Waals surface area contributed by atoms with E-state index in [2.05, 4.69) is 36.5 Å². The molecule has 0 heterocycles. The van der Waals surface area contributed by atoms with Crippen LogP contribution >= 0.6 is 0 Å². The summed E-state index contributed by atoms with van der Waals surface area (Å²) in [6.45, 7) is 2.10. The highest BCUT2D eigenvalue weighted by atomic mass is 16.5. The quantitative estimate of drug-likeness (QED) is 0.782. The van der Waals surface area contributed by atoms with Gasteiger partial charge in [0.25, 0.3) is 0 Å². The van der Waals surface area contributed by atoms with Crippen molar-refractivity contribution in [1.29, 1.82) is 0 Å². The first-order chi connectivity index (χ1) is 7.79. The zero-order valence-corrected chi connectivity index (χ0v) is 9.99. The second-order valence-electron chi connectivity index (χ2n) is 4.31. The summed E-state index contributed by atoms with van der Waals surface area (Å²) < 4.78 is 5.36. The molecule has 0 saturated carbocycles. The SMILES string of the molecule is COc1ccc(C)cc1NC1C=CCCC1. The number of hydrogen-bond donors (Lipinski definition) is 1. The average Bonchev–Trinajstić information content (AvgIpc) is 2.31. The highest BCUT2D eigenvalue weighted by molar-refractivity contribution is 5.59. The number of anilines is 1. The van der Waals surface area contributed by atoms with E-state index in [4.69, 9.17) is 4.74 Å². The minimum atomic E-state index is 0.449. The fourth-order valence-electron chi connectivity index (χ4n) is 2.07. The molecule has 1 atom stereocenters. The Kier molecular flexibility index (Phi) is 3.50. The van der Waals surface area contributed by atoms with Crippen molar-refractivity contribution in [3.8, 4) is 5.75 Å². The van der Waals surface area contributed by atoms with Gasteiger partial charge in [-0.2, -0.15) is 0 Å². The number of ether oxygens (including phenoxy) is 1. The summed E-state index contributed by atoms with van der Waals surface area (Å²) in [7, 11) is 1.71. The van der Waals surface area contributed by atoms with E-state index in [1.807, 2.05) is 6.07 Å². The van der Waals surface area contributed by atoms with Gasteiger partial charge < -0.3 is 10.1 Å². The van der Waals surface area contributed by atoms with E-state index in [0.717, 1.165) is 11.4 Å². The van der Waals surface area contributed by atoms with Crippen molar-refractivity contribution in [2.45, 2.75) is 32.2 Å². The fraction of sp³-hybridized carbons (Fsp3) is 0.429. The smallest absolute Gasteiger partial charge is 0.141 e. The highest BCUT2D eigenvalue weighted by Crippen LogP contribution is 2.27. The molecule has 1 unspecified atom stereocenters. The van der Waals surface area contributed by atoms with Gasteiger partial charge in [0.1, 0.15) is 5.75 Å². The third kappa shape index (κ3) is 2.57. The highest BCUT2D eigenvalue weighted by Gasteiger charge is 2.10. The van der Waals surface area contributed by atoms with Gasteiger partial charge in [-0.1, -0.05) is 18.2 Å². The molecule has 1 aliphatic rings. The lowest BCUT2D eigenvalue weighted by Gasteiger charge is -2.21. The van der Waals surface area contributed by atoms with Crippen LogP contribution in [-0.4, -0.2) is 13.2 Å². The Morgan fingerprint density at radius 1 is 1.38 bits per heavy atom. The number of methoxy groups -OCH3 is 1. The minimum absolute atomic E-state index is 0.449. The van der Waals surface area contributed by atoms with Gasteiger partial charge in [0.2, 0.25) is 0 Å². The molecule has 0 aliphatic heterocycles. The lowest BCUT2D eigenvalue weighted by molar-refractivity contribution is 0.416. The van der Waals surface area contributed by atoms with Crippen molar-refractivity contribution in [3.63, 3.8) is 0 Å². The number of rotatable bonds is 3. The van der Waals surface area contributed by atoms with E-state index < -0.39 is 0 Å². The van der Waals surface area contributed by atoms with Crippen molar-refractivity contribution in [3.05, 3.63) is 35.9 Å². The normalized spacial score (nSPS) is 19.5. The summed E-state index contributed by atoms with van der Waals surface area (Å²) in [4.78, 5) is 0. The molecule has 1 N–H and O–H groups in total. The van der Waals surface area contributed by atoms with E-state index in [1.165, 1.54) is 24.8 Å². The summed E-state index contributed by atoms with van der Waals surface area (Å²) in [6.07, 6.45) is 8.19. The van der Waals surface area contributed by atoms with Gasteiger partial charge in [-0.05, 0) is 43.9 Å². The molecule has 0 spiro atoms. The predicted molar refractivity (Wildman–Crippen MR) is 68.1 cm³/mol. The van der Waals surface area contributed by atoms with Gasteiger partial charge in [-0.15, -0.1) is 0 Å². The molecule has 0 saturated heterocycles. The van der Waals surface area contributed by atoms with Gasteiger partial charge in [-0.25, -0.2) is 0 Å². The maximum atomic E-state index is 5.36. The standard InChI is InChI=1S/C14H19NO/c1-11-8-9-14(16-2)13(10-11)15-12-6-4-3-5-7-12/h4,6,8-10,12,15H,3,5,7H2,1-2H3. The maximum absolute atomic E-state index is 5.36. The molecule has 0 bridgehead atoms. The minimum Gasteiger partial charge on any atom is -0.495 e. The Hall–Kier alpha value is -1.44. The number of nitrogens with one attached hydrogen (secondary N) is 1. The third-order valence-corrected chi connectivity index (χ3v) is 2.95. The van der Waals surface area contributed by atoms with Crippen LogP contribution in [0, 0.1) is 6.92 Å². The first-order valence-corrected chi connectivity index (χ1v) is 5.87. The van der Waals surface area contributed by atoms with Crippen LogP contribution in [0.2, 0.25) is 0 Å². The van der Waals surface area contributed by atoms with E-state index >= 15 is 0 Å². The molecule has 0 amide bonds. The molecule has 0 aromatic heterocycles. The molecule has 1 aliphatic carbocycles. The first-order valence-electron chi connectivity index (χ1n) is 5.87. The van der Waals surface area contributed by atoms with Crippen molar-refractivity contribution in [2.24, 2.45) is 0 Å². The molecule has 2 rings (SSSR count). The van der Waals surface area contributed by atoms with E-state index in [-0.39, 0.29) is 0 Å². The van der Waals surface area contributed by atoms with Crippen LogP contribution in [0.25, 0.3) is 0 Å². The molecular weight excluding hydrogens is 198 g/mol. The van der Waals surface area contributed by atoms with Crippen molar-refractivity contribution in [1.82, 2.24) is 0 Å². The van der Waals surface area contributed by atoms with Gasteiger partial charge in [0.05, 0.1) is 12.8 Å². The summed E-state index contributed by atoms with van der Waals surface area (Å²) in [5.41, 5.74) is 2.35. The molecule has 0 fully saturated rings. The fourth-order valence-corrected chi connectivity index (χ4v) is 2.07. The zero-order chi connectivity index (χ0) is 11.4. The number of allylic oxidation sites excluding steroid dienone is 1. The van der Waals surface area contributed by atoms with Crippen molar-refractivity contribution >= 4 is 5.69 Å². The van der Waals surface area contributed by atoms with Gasteiger partial charge in [-0.3, -0.25) is 0 Å². The lowest BCUT2D eigenvalue weighted by atomic mass is 10.0. The summed E-state index contributed by atoms with van der Waals surface area (Å²) in [6, 6.07) is 6.68. The Labute approximate surface area is 97.3 Å². The largest absolute Gasteiger partial charge is 0.495 e. The number of hydrogen-bond acceptors (Lipinski definition) is 2. The first kappa shape index (κ1) is 11.1. The Morgan fingerprint density at radius 3 is 2.94 bits per heavy atom. The zero-order valence-electron chi connectivity index (χ0n) is 9.99. The molecular formula is C14H19NO. The molecule has 2 nitrogen and oxygen atoms in total. The van der Waals surface area contributed by atoms with Crippen LogP contribution in [-0.2, 0) is 0 Å². The van der Waals surface area contributed by atoms with Crippen LogP contribution < -0.4 is 10.1 Å². The summed E-state index contributed by atoms with van der Waals surface area (Å²) in [5, 5.41) is 3.53. The van der Waals surface area contributed by atoms with Crippen LogP contribution in [0.4, 0.5) is 5.69 Å². The molecule has 1 aromatic carbocycles. The monoisotopic (exact) mass is 217 g/mol. The predicted octanol–water partition coefficient (Wildman–Crippen LogP) is 3.52. The average molecular weight is 217 g/mol. The Morgan fingerprint density at radius 2 is 2.25 bits per heavy atom. The lowest BCUT2D eigenvalue weighted by Crippen LogP contribution is -2.19. The van der Waals surface area contributed by atoms with Crippen LogP contribution in [0.15, 0.2) is 30.4 Å². The number of aryl methyl sites for hydroxylation is 1. The van der Waals surface area contributed by atoms with Gasteiger partial charge in [0.15, 0.2) is 0 Å². The van der Waals surface area contributed by atoms with Crippen LogP contribution in [0.5, 0.6) is 5.75 Å². The van der Waals surface area contributed by atoms with E-state index in [1.54, 1.807) is 7.11 Å². The van der Waals surface area contributed by atoms with Crippen molar-refractivity contribution < 1.29 is 4.74 Å². The van der Waals surface area contributed by atoms with Gasteiger partial charge >= 0.3 is 0 Å². The van der Waals surface area contributed by atoms with E-state index in [0.29, 0.717) is 6.04 Å². The van der Waals surface area contributed by atoms with Crippen LogP contribution in [0.1, 0.15) is 24.8 Å². The Balaban J connectivity index is 2.15. The second-order valence-corrected chi connectivity index (χ2v) is 4.31. The molecule has 2 heteroatoms. The third-order valence-electron chi connectivity index (χ3n) is 2.95. The Bertz CT molecular complexity index is 384.